The van der Waals surface area contributed by atoms with Crippen LogP contribution in [0.1, 0.15) is 43.1 Å². The van der Waals surface area contributed by atoms with Crippen molar-refractivity contribution in [3.05, 3.63) is 29.3 Å². The summed E-state index contributed by atoms with van der Waals surface area (Å²) in [6.45, 7) is 5.22. The maximum Gasteiger partial charge on any atom is 0.331 e. The van der Waals surface area contributed by atoms with E-state index in [4.69, 9.17) is 4.74 Å². The smallest absolute Gasteiger partial charge is 0.331 e. The highest BCUT2D eigenvalue weighted by Gasteiger charge is 2.36. The number of methoxy groups -OCH3 is 1. The lowest BCUT2D eigenvalue weighted by Gasteiger charge is -2.26. The fraction of sp³-hybridized carbons (Fsp3) is 0.529. The Balaban J connectivity index is 2.31. The second-order valence-electron chi connectivity index (χ2n) is 6.59. The molecule has 1 aliphatic heterocycles. The van der Waals surface area contributed by atoms with Crippen LogP contribution < -0.4 is 9.62 Å². The number of fused-ring (bicyclic) bond motifs is 1. The molecule has 0 radical (unpaired) electrons. The second-order valence-corrected chi connectivity index (χ2v) is 8.45. The molecule has 2 rings (SSSR count). The molecular formula is C17H24N2O5S. The number of carbonyl (C=O) groups excluding carboxylic acids is 2. The second kappa shape index (κ2) is 6.67. The predicted molar refractivity (Wildman–Crippen MR) is 95.1 cm³/mol. The lowest BCUT2D eigenvalue weighted by atomic mass is 9.98. The third-order valence-electron chi connectivity index (χ3n) is 4.58. The summed E-state index contributed by atoms with van der Waals surface area (Å²) in [7, 11) is -2.10. The quantitative estimate of drug-likeness (QED) is 0.795. The molecule has 1 amide bonds. The van der Waals surface area contributed by atoms with Crippen LogP contribution in [0, 0.1) is 0 Å². The molecular weight excluding hydrogens is 344 g/mol. The van der Waals surface area contributed by atoms with Gasteiger partial charge in [-0.15, -0.1) is 0 Å². The molecule has 1 N–H and O–H groups in total. The minimum absolute atomic E-state index is 0.195. The van der Waals surface area contributed by atoms with Crippen molar-refractivity contribution in [2.24, 2.45) is 0 Å². The van der Waals surface area contributed by atoms with Crippen LogP contribution in [0.15, 0.2) is 18.2 Å². The summed E-state index contributed by atoms with van der Waals surface area (Å²) in [6.07, 6.45) is 2.09. The number of nitrogens with one attached hydrogen (secondary N) is 1. The summed E-state index contributed by atoms with van der Waals surface area (Å²) in [5.41, 5.74) is 0.654. The Hall–Kier alpha value is -2.09. The number of sulfonamides is 1. The Bertz CT molecular complexity index is 805. The molecule has 0 saturated carbocycles. The van der Waals surface area contributed by atoms with E-state index in [2.05, 4.69) is 5.32 Å². The summed E-state index contributed by atoms with van der Waals surface area (Å²) < 4.78 is 30.0. The number of rotatable bonds is 5. The molecule has 25 heavy (non-hydrogen) atoms. The van der Waals surface area contributed by atoms with Crippen LogP contribution in [0.25, 0.3) is 0 Å². The van der Waals surface area contributed by atoms with Crippen molar-refractivity contribution in [3.8, 4) is 0 Å². The van der Waals surface area contributed by atoms with Crippen LogP contribution in [0.5, 0.6) is 0 Å². The number of hydrogen-bond acceptors (Lipinski definition) is 5. The first-order valence-electron chi connectivity index (χ1n) is 8.06. The molecule has 0 aromatic heterocycles. The van der Waals surface area contributed by atoms with E-state index in [1.165, 1.54) is 17.7 Å². The van der Waals surface area contributed by atoms with Gasteiger partial charge in [-0.3, -0.25) is 9.10 Å². The highest BCUT2D eigenvalue weighted by Crippen LogP contribution is 2.34. The van der Waals surface area contributed by atoms with E-state index in [-0.39, 0.29) is 6.04 Å². The van der Waals surface area contributed by atoms with E-state index in [1.54, 1.807) is 32.0 Å². The zero-order chi connectivity index (χ0) is 19.0. The van der Waals surface area contributed by atoms with Gasteiger partial charge in [0.2, 0.25) is 10.0 Å². The third kappa shape index (κ3) is 3.63. The SMILES string of the molecule is CCC(C)(NC(=O)c1ccc2c(c1)CC(C)N2S(C)(=O)=O)C(=O)OC. The zero-order valence-electron chi connectivity index (χ0n) is 15.1. The molecule has 0 fully saturated rings. The van der Waals surface area contributed by atoms with Crippen LogP contribution in [0.3, 0.4) is 0 Å². The average molecular weight is 368 g/mol. The van der Waals surface area contributed by atoms with Crippen molar-refractivity contribution < 1.29 is 22.7 Å². The monoisotopic (exact) mass is 368 g/mol. The number of esters is 1. The first kappa shape index (κ1) is 19.2. The van der Waals surface area contributed by atoms with Gasteiger partial charge in [0.1, 0.15) is 5.54 Å². The molecule has 7 nitrogen and oxygen atoms in total. The van der Waals surface area contributed by atoms with Gasteiger partial charge < -0.3 is 10.1 Å². The first-order valence-corrected chi connectivity index (χ1v) is 9.91. The topological polar surface area (TPSA) is 92.8 Å². The Kier molecular flexibility index (Phi) is 5.13. The molecule has 0 bridgehead atoms. The van der Waals surface area contributed by atoms with Crippen molar-refractivity contribution in [1.82, 2.24) is 5.32 Å². The molecule has 138 valence electrons. The highest BCUT2D eigenvalue weighted by molar-refractivity contribution is 7.92. The van der Waals surface area contributed by atoms with E-state index >= 15 is 0 Å². The Labute approximate surface area is 148 Å². The first-order chi connectivity index (χ1) is 11.5. The van der Waals surface area contributed by atoms with Crippen LogP contribution in [0.2, 0.25) is 0 Å². The highest BCUT2D eigenvalue weighted by atomic mass is 32.2. The van der Waals surface area contributed by atoms with Crippen LogP contribution in [-0.4, -0.2) is 45.2 Å². The summed E-state index contributed by atoms with van der Waals surface area (Å²) in [5.74, 6) is -0.913. The lowest BCUT2D eigenvalue weighted by molar-refractivity contribution is -0.147. The van der Waals surface area contributed by atoms with Gasteiger partial charge in [-0.05, 0) is 50.5 Å². The largest absolute Gasteiger partial charge is 0.467 e. The number of amides is 1. The fourth-order valence-electron chi connectivity index (χ4n) is 3.08. The minimum atomic E-state index is -3.37. The van der Waals surface area contributed by atoms with Crippen molar-refractivity contribution in [2.75, 3.05) is 17.7 Å². The molecule has 1 aromatic carbocycles. The van der Waals surface area contributed by atoms with Gasteiger partial charge in [0.05, 0.1) is 19.1 Å². The number of hydrogen-bond donors (Lipinski definition) is 1. The molecule has 1 aliphatic rings. The zero-order valence-corrected chi connectivity index (χ0v) is 15.9. The van der Waals surface area contributed by atoms with Crippen LogP contribution >= 0.6 is 0 Å². The lowest BCUT2D eigenvalue weighted by Crippen LogP contribution is -2.52. The standard InChI is InChI=1S/C17H24N2O5S/c1-6-17(3,16(21)24-4)18-15(20)12-7-8-14-13(10-12)9-11(2)19(14)25(5,22)23/h7-8,10-11H,6,9H2,1-5H3,(H,18,20). The summed E-state index contributed by atoms with van der Waals surface area (Å²) in [6, 6.07) is 4.69. The number of nitrogens with zero attached hydrogens (tertiary/aromatic N) is 1. The van der Waals surface area contributed by atoms with Gasteiger partial charge in [-0.1, -0.05) is 6.92 Å². The molecule has 2 unspecified atom stereocenters. The van der Waals surface area contributed by atoms with Crippen LogP contribution in [0.4, 0.5) is 5.69 Å². The summed E-state index contributed by atoms with van der Waals surface area (Å²) >= 11 is 0. The van der Waals surface area contributed by atoms with E-state index < -0.39 is 27.4 Å². The molecule has 1 aromatic rings. The number of benzene rings is 1. The Morgan fingerprint density at radius 2 is 2.04 bits per heavy atom. The van der Waals surface area contributed by atoms with E-state index in [0.29, 0.717) is 24.1 Å². The van der Waals surface area contributed by atoms with Crippen molar-refractivity contribution in [2.45, 2.75) is 45.2 Å². The van der Waals surface area contributed by atoms with E-state index in [1.807, 2.05) is 6.92 Å². The maximum atomic E-state index is 12.5. The summed E-state index contributed by atoms with van der Waals surface area (Å²) in [4.78, 5) is 24.5. The number of anilines is 1. The number of carbonyl (C=O) groups is 2. The minimum Gasteiger partial charge on any atom is -0.467 e. The van der Waals surface area contributed by atoms with E-state index in [0.717, 1.165) is 5.56 Å². The van der Waals surface area contributed by atoms with Gasteiger partial charge >= 0.3 is 5.97 Å². The van der Waals surface area contributed by atoms with Gasteiger partial charge in [0.25, 0.3) is 5.91 Å². The van der Waals surface area contributed by atoms with Crippen molar-refractivity contribution >= 4 is 27.6 Å². The summed E-state index contributed by atoms with van der Waals surface area (Å²) in [5, 5.41) is 2.71. The Morgan fingerprint density at radius 3 is 2.56 bits per heavy atom. The molecule has 2 atom stereocenters. The number of ether oxygens (including phenoxy) is 1. The van der Waals surface area contributed by atoms with E-state index in [9.17, 15) is 18.0 Å². The molecule has 8 heteroatoms. The normalized spacial score (nSPS) is 19.1. The van der Waals surface area contributed by atoms with Crippen LogP contribution in [-0.2, 0) is 26.0 Å². The van der Waals surface area contributed by atoms with Gasteiger partial charge in [-0.25, -0.2) is 13.2 Å². The van der Waals surface area contributed by atoms with Gasteiger partial charge in [0.15, 0.2) is 0 Å². The fourth-order valence-corrected chi connectivity index (χ4v) is 4.34. The van der Waals surface area contributed by atoms with Crippen molar-refractivity contribution in [3.63, 3.8) is 0 Å². The molecule has 1 heterocycles. The molecule has 0 aliphatic carbocycles. The Morgan fingerprint density at radius 1 is 1.40 bits per heavy atom. The predicted octanol–water partition coefficient (Wildman–Crippen LogP) is 1.47. The maximum absolute atomic E-state index is 12.5. The average Bonchev–Trinajstić information content (AvgIpc) is 2.88. The third-order valence-corrected chi connectivity index (χ3v) is 5.86. The van der Waals surface area contributed by atoms with Crippen molar-refractivity contribution in [1.29, 1.82) is 0 Å². The molecule has 0 saturated heterocycles. The molecule has 0 spiro atoms. The van der Waals surface area contributed by atoms with Gasteiger partial charge in [-0.2, -0.15) is 0 Å². The van der Waals surface area contributed by atoms with Gasteiger partial charge in [0, 0.05) is 11.6 Å².